The molecule has 0 amide bonds. The van der Waals surface area contributed by atoms with E-state index in [1.807, 2.05) is 0 Å². The lowest BCUT2D eigenvalue weighted by molar-refractivity contribution is 0.436. The van der Waals surface area contributed by atoms with Crippen LogP contribution in [0, 0.1) is 0 Å². The molecule has 11 aromatic rings. The molecule has 0 N–H and O–H groups in total. The summed E-state index contributed by atoms with van der Waals surface area (Å²) in [6, 6.07) is 95.2. The van der Waals surface area contributed by atoms with Gasteiger partial charge in [0, 0.05) is 38.9 Å². The molecule has 332 valence electrons. The second-order valence-corrected chi connectivity index (χ2v) is 19.0. The fourth-order valence-electron chi connectivity index (χ4n) is 12.9. The summed E-state index contributed by atoms with van der Waals surface area (Å²) in [5.74, 6) is 3.50. The van der Waals surface area contributed by atoms with E-state index in [0.717, 1.165) is 73.4 Å². The van der Waals surface area contributed by atoms with Gasteiger partial charge in [0.15, 0.2) is 0 Å². The average Bonchev–Trinajstić information content (AvgIpc) is 3.91. The highest BCUT2D eigenvalue weighted by molar-refractivity contribution is 6.05. The fourth-order valence-corrected chi connectivity index (χ4v) is 12.9. The lowest BCUT2D eigenvalue weighted by atomic mass is 9.66. The van der Waals surface area contributed by atoms with Gasteiger partial charge in [0.25, 0.3) is 0 Å². The molecule has 3 nitrogen and oxygen atoms in total. The molecule has 0 atom stereocenters. The van der Waals surface area contributed by atoms with Crippen LogP contribution in [0.25, 0.3) is 44.5 Å². The van der Waals surface area contributed by atoms with Crippen LogP contribution in [0.5, 0.6) is 23.0 Å². The Morgan fingerprint density at radius 3 is 1.01 bits per heavy atom. The highest BCUT2D eigenvalue weighted by atomic mass is 16.5. The van der Waals surface area contributed by atoms with Crippen molar-refractivity contribution in [3.8, 4) is 67.5 Å². The molecule has 0 unspecified atom stereocenters. The van der Waals surface area contributed by atoms with Crippen LogP contribution in [0.1, 0.15) is 44.5 Å². The Hall–Kier alpha value is -9.18. The molecular formula is C68H43NO2. The largest absolute Gasteiger partial charge is 0.457 e. The molecule has 0 radical (unpaired) electrons. The van der Waals surface area contributed by atoms with Gasteiger partial charge in [-0.15, -0.1) is 0 Å². The van der Waals surface area contributed by atoms with E-state index >= 15 is 0 Å². The number of fused-ring (bicyclic) bond motifs is 18. The number of hydrogen-bond donors (Lipinski definition) is 0. The molecule has 4 aliphatic rings. The van der Waals surface area contributed by atoms with Gasteiger partial charge in [-0.1, -0.05) is 218 Å². The second-order valence-electron chi connectivity index (χ2n) is 19.0. The monoisotopic (exact) mass is 905 g/mol. The van der Waals surface area contributed by atoms with E-state index < -0.39 is 10.8 Å². The average molecular weight is 906 g/mol. The maximum Gasteiger partial charge on any atom is 0.132 e. The highest BCUT2D eigenvalue weighted by Crippen LogP contribution is 2.67. The smallest absolute Gasteiger partial charge is 0.132 e. The van der Waals surface area contributed by atoms with Gasteiger partial charge in [0.1, 0.15) is 23.0 Å². The van der Waals surface area contributed by atoms with Gasteiger partial charge in [-0.05, 0) is 92.5 Å². The fraction of sp³-hybridized carbons (Fsp3) is 0.0294. The third kappa shape index (κ3) is 5.38. The Kier molecular flexibility index (Phi) is 8.49. The third-order valence-electron chi connectivity index (χ3n) is 15.6. The Bertz CT molecular complexity index is 3680. The molecule has 0 bridgehead atoms. The standard InChI is InChI=1S/C68H43NO2/c1-2-20-44(21-3-1)45-40-42-46(43-41-45)47-22-6-13-33-58(47)69(59-34-18-31-56-65(59)48-23-4-7-25-50(48)67(56)52-27-9-14-36-61(52)70-62-37-15-10-28-53(62)67)60-35-19-32-57-66(60)49-24-5-8-26-51(49)68(57)54-29-11-16-38-63(54)71-64-39-17-12-30-55(64)68/h1-43H. The maximum atomic E-state index is 6.78. The first-order valence-electron chi connectivity index (χ1n) is 24.5. The van der Waals surface area contributed by atoms with Crippen LogP contribution >= 0.6 is 0 Å². The van der Waals surface area contributed by atoms with Crippen molar-refractivity contribution in [1.29, 1.82) is 0 Å². The number of rotatable bonds is 5. The number of hydrogen-bond acceptors (Lipinski definition) is 3. The Morgan fingerprint density at radius 1 is 0.225 bits per heavy atom. The van der Waals surface area contributed by atoms with Crippen LogP contribution in [-0.2, 0) is 10.8 Å². The van der Waals surface area contributed by atoms with Crippen LogP contribution < -0.4 is 14.4 Å². The quantitative estimate of drug-likeness (QED) is 0.172. The van der Waals surface area contributed by atoms with Crippen LogP contribution in [0.3, 0.4) is 0 Å². The summed E-state index contributed by atoms with van der Waals surface area (Å²) in [5.41, 5.74) is 21.0. The van der Waals surface area contributed by atoms with E-state index in [4.69, 9.17) is 9.47 Å². The lowest BCUT2D eigenvalue weighted by Crippen LogP contribution is -2.32. The molecule has 2 aliphatic carbocycles. The number of anilines is 3. The van der Waals surface area contributed by atoms with E-state index in [-0.39, 0.29) is 0 Å². The zero-order valence-corrected chi connectivity index (χ0v) is 38.6. The van der Waals surface area contributed by atoms with Crippen LogP contribution in [0.2, 0.25) is 0 Å². The van der Waals surface area contributed by atoms with Crippen molar-refractivity contribution in [1.82, 2.24) is 0 Å². The summed E-state index contributed by atoms with van der Waals surface area (Å²) in [6.07, 6.45) is 0. The minimum atomic E-state index is -0.642. The van der Waals surface area contributed by atoms with Crippen molar-refractivity contribution in [2.45, 2.75) is 10.8 Å². The van der Waals surface area contributed by atoms with Gasteiger partial charge >= 0.3 is 0 Å². The molecule has 0 fully saturated rings. The minimum absolute atomic E-state index is 0.642. The first kappa shape index (κ1) is 39.8. The van der Waals surface area contributed by atoms with Gasteiger partial charge in [-0.25, -0.2) is 0 Å². The predicted molar refractivity (Wildman–Crippen MR) is 287 cm³/mol. The molecule has 2 spiro atoms. The minimum Gasteiger partial charge on any atom is -0.457 e. The number of para-hydroxylation sites is 5. The first-order chi connectivity index (χ1) is 35.2. The summed E-state index contributed by atoms with van der Waals surface area (Å²) in [4.78, 5) is 2.58. The number of nitrogens with zero attached hydrogens (tertiary/aromatic N) is 1. The topological polar surface area (TPSA) is 21.7 Å². The summed E-state index contributed by atoms with van der Waals surface area (Å²) >= 11 is 0. The molecule has 15 rings (SSSR count). The van der Waals surface area contributed by atoms with Crippen molar-refractivity contribution in [3.63, 3.8) is 0 Å². The van der Waals surface area contributed by atoms with Crippen molar-refractivity contribution in [3.05, 3.63) is 305 Å². The van der Waals surface area contributed by atoms with Crippen LogP contribution in [0.4, 0.5) is 17.1 Å². The van der Waals surface area contributed by atoms with Gasteiger partial charge in [0.05, 0.1) is 27.9 Å². The summed E-state index contributed by atoms with van der Waals surface area (Å²) in [5, 5.41) is 0. The van der Waals surface area contributed by atoms with Crippen molar-refractivity contribution in [2.24, 2.45) is 0 Å². The lowest BCUT2D eigenvalue weighted by Gasteiger charge is -2.40. The van der Waals surface area contributed by atoms with E-state index in [2.05, 4.69) is 266 Å². The molecule has 0 saturated carbocycles. The first-order valence-corrected chi connectivity index (χ1v) is 24.5. The van der Waals surface area contributed by atoms with Gasteiger partial charge in [-0.3, -0.25) is 0 Å². The molecule has 11 aromatic carbocycles. The Morgan fingerprint density at radius 2 is 0.549 bits per heavy atom. The second kappa shape index (κ2) is 15.2. The molecule has 71 heavy (non-hydrogen) atoms. The summed E-state index contributed by atoms with van der Waals surface area (Å²) in [7, 11) is 0. The van der Waals surface area contributed by atoms with Gasteiger partial charge in [-0.2, -0.15) is 0 Å². The molecule has 0 aromatic heterocycles. The molecule has 2 aliphatic heterocycles. The summed E-state index contributed by atoms with van der Waals surface area (Å²) in [6.45, 7) is 0. The SMILES string of the molecule is c1ccc(-c2ccc(-c3ccccc3N(c3cccc4c3-c3ccccc3C43c4ccccc4Oc4ccccc43)c3cccc4c3-c3ccccc3C43c4ccccc4Oc4ccccc43)cc2)cc1. The predicted octanol–water partition coefficient (Wildman–Crippen LogP) is 17.4. The third-order valence-corrected chi connectivity index (χ3v) is 15.6. The zero-order chi connectivity index (χ0) is 46.7. The van der Waals surface area contributed by atoms with Crippen LogP contribution in [-0.4, -0.2) is 0 Å². The number of ether oxygens (including phenoxy) is 2. The molecular weight excluding hydrogens is 863 g/mol. The normalized spacial score (nSPS) is 14.1. The van der Waals surface area contributed by atoms with Crippen molar-refractivity contribution >= 4 is 17.1 Å². The van der Waals surface area contributed by atoms with Gasteiger partial charge in [0.2, 0.25) is 0 Å². The Balaban J connectivity index is 1.06. The van der Waals surface area contributed by atoms with E-state index in [0.29, 0.717) is 0 Å². The van der Waals surface area contributed by atoms with E-state index in [9.17, 15) is 0 Å². The van der Waals surface area contributed by atoms with Crippen molar-refractivity contribution < 1.29 is 9.47 Å². The number of benzene rings is 11. The maximum absolute atomic E-state index is 6.78. The van der Waals surface area contributed by atoms with E-state index in [1.54, 1.807) is 0 Å². The van der Waals surface area contributed by atoms with Crippen LogP contribution in [0.15, 0.2) is 261 Å². The summed E-state index contributed by atoms with van der Waals surface area (Å²) < 4.78 is 13.6. The Labute approximate surface area is 413 Å². The molecule has 0 saturated heterocycles. The zero-order valence-electron chi connectivity index (χ0n) is 38.6. The van der Waals surface area contributed by atoms with Gasteiger partial charge < -0.3 is 14.4 Å². The highest BCUT2D eigenvalue weighted by Gasteiger charge is 2.54. The molecule has 3 heteroatoms. The molecule has 2 heterocycles. The van der Waals surface area contributed by atoms with Crippen molar-refractivity contribution in [2.75, 3.05) is 4.90 Å². The van der Waals surface area contributed by atoms with E-state index in [1.165, 1.54) is 55.6 Å².